The Kier molecular flexibility index (Phi) is 6.00. The first-order valence-electron chi connectivity index (χ1n) is 8.68. The number of rotatable bonds is 7. The van der Waals surface area contributed by atoms with Gasteiger partial charge in [-0.3, -0.25) is 4.40 Å². The van der Waals surface area contributed by atoms with Gasteiger partial charge in [0.1, 0.15) is 5.82 Å². The quantitative estimate of drug-likeness (QED) is 0.504. The number of fused-ring (bicyclic) bond motifs is 1. The predicted octanol–water partition coefficient (Wildman–Crippen LogP) is 2.65. The van der Waals surface area contributed by atoms with Gasteiger partial charge in [0, 0.05) is 35.5 Å². The zero-order chi connectivity index (χ0) is 17.5. The zero-order valence-electron chi connectivity index (χ0n) is 14.7. The summed E-state index contributed by atoms with van der Waals surface area (Å²) in [6.45, 7) is 6.55. The summed E-state index contributed by atoms with van der Waals surface area (Å²) in [7, 11) is 0. The van der Waals surface area contributed by atoms with Crippen molar-refractivity contribution in [1.29, 1.82) is 0 Å². The number of guanidine groups is 1. The van der Waals surface area contributed by atoms with Crippen LogP contribution in [0.3, 0.4) is 0 Å². The van der Waals surface area contributed by atoms with Gasteiger partial charge < -0.3 is 10.6 Å². The molecule has 0 fully saturated rings. The van der Waals surface area contributed by atoms with Crippen LogP contribution in [-0.4, -0.2) is 33.6 Å². The van der Waals surface area contributed by atoms with Crippen LogP contribution in [0.15, 0.2) is 41.5 Å². The minimum Gasteiger partial charge on any atom is -0.357 e. The Labute approximate surface area is 152 Å². The Morgan fingerprint density at radius 3 is 2.80 bits per heavy atom. The van der Waals surface area contributed by atoms with Gasteiger partial charge in [0.15, 0.2) is 11.6 Å². The van der Waals surface area contributed by atoms with Crippen molar-refractivity contribution in [2.45, 2.75) is 33.2 Å². The molecule has 0 aliphatic heterocycles. The normalized spacial score (nSPS) is 11.8. The van der Waals surface area contributed by atoms with Crippen molar-refractivity contribution < 1.29 is 0 Å². The second kappa shape index (κ2) is 8.62. The number of aryl methyl sites for hydroxylation is 1. The Morgan fingerprint density at radius 1 is 1.12 bits per heavy atom. The molecule has 0 amide bonds. The molecule has 0 radical (unpaired) electrons. The van der Waals surface area contributed by atoms with Crippen LogP contribution in [0.1, 0.15) is 29.4 Å². The van der Waals surface area contributed by atoms with Crippen LogP contribution >= 0.6 is 11.3 Å². The predicted molar refractivity (Wildman–Crippen MR) is 103 cm³/mol. The lowest BCUT2D eigenvalue weighted by Crippen LogP contribution is -2.38. The van der Waals surface area contributed by atoms with E-state index in [1.54, 1.807) is 0 Å². The SMILES string of the molecule is CCNC(=NCc1ccc(CC)s1)NCCc1nnc2ccccn12. The molecule has 0 aromatic carbocycles. The molecular weight excluding hydrogens is 332 g/mol. The molecule has 0 aliphatic carbocycles. The highest BCUT2D eigenvalue weighted by Gasteiger charge is 2.05. The Morgan fingerprint density at radius 2 is 2.00 bits per heavy atom. The number of pyridine rings is 1. The van der Waals surface area contributed by atoms with Gasteiger partial charge in [-0.2, -0.15) is 0 Å². The van der Waals surface area contributed by atoms with Crippen molar-refractivity contribution in [1.82, 2.24) is 25.2 Å². The molecule has 7 heteroatoms. The first-order chi connectivity index (χ1) is 12.3. The molecule has 0 bridgehead atoms. The lowest BCUT2D eigenvalue weighted by atomic mass is 10.3. The second-order valence-electron chi connectivity index (χ2n) is 5.64. The van der Waals surface area contributed by atoms with Crippen molar-refractivity contribution in [3.05, 3.63) is 52.1 Å². The first kappa shape index (κ1) is 17.4. The van der Waals surface area contributed by atoms with Gasteiger partial charge in [0.05, 0.1) is 6.54 Å². The summed E-state index contributed by atoms with van der Waals surface area (Å²) < 4.78 is 2.02. The maximum atomic E-state index is 4.67. The monoisotopic (exact) mass is 356 g/mol. The zero-order valence-corrected chi connectivity index (χ0v) is 15.5. The van der Waals surface area contributed by atoms with Crippen LogP contribution in [0.25, 0.3) is 5.65 Å². The molecule has 0 saturated heterocycles. The van der Waals surface area contributed by atoms with E-state index in [-0.39, 0.29) is 0 Å². The molecule has 3 aromatic rings. The Bertz CT molecular complexity index is 835. The van der Waals surface area contributed by atoms with E-state index >= 15 is 0 Å². The number of nitrogens with zero attached hydrogens (tertiary/aromatic N) is 4. The molecule has 0 spiro atoms. The maximum Gasteiger partial charge on any atom is 0.191 e. The third-order valence-electron chi connectivity index (χ3n) is 3.83. The number of hydrogen-bond acceptors (Lipinski definition) is 4. The number of hydrogen-bond donors (Lipinski definition) is 2. The largest absolute Gasteiger partial charge is 0.357 e. The molecule has 3 rings (SSSR count). The Balaban J connectivity index is 1.57. The van der Waals surface area contributed by atoms with E-state index in [0.29, 0.717) is 6.54 Å². The van der Waals surface area contributed by atoms with E-state index in [2.05, 4.69) is 51.8 Å². The average Bonchev–Trinajstić information content (AvgIpc) is 3.26. The van der Waals surface area contributed by atoms with Gasteiger partial charge in [-0.25, -0.2) is 4.99 Å². The first-order valence-corrected chi connectivity index (χ1v) is 9.50. The fraction of sp³-hybridized carbons (Fsp3) is 0.389. The summed E-state index contributed by atoms with van der Waals surface area (Å²) in [5, 5.41) is 15.1. The van der Waals surface area contributed by atoms with Crippen LogP contribution < -0.4 is 10.6 Å². The number of aliphatic imine (C=N–C) groups is 1. The highest BCUT2D eigenvalue weighted by atomic mass is 32.1. The molecule has 132 valence electrons. The maximum absolute atomic E-state index is 4.67. The van der Waals surface area contributed by atoms with Gasteiger partial charge in [0.2, 0.25) is 0 Å². The molecule has 25 heavy (non-hydrogen) atoms. The van der Waals surface area contributed by atoms with Crippen LogP contribution in [-0.2, 0) is 19.4 Å². The summed E-state index contributed by atoms with van der Waals surface area (Å²) in [6, 6.07) is 10.3. The standard InChI is InChI=1S/C18H24N6S/c1-3-14-8-9-15(25-14)13-21-18(19-4-2)20-11-10-17-23-22-16-7-5-6-12-24(16)17/h5-9,12H,3-4,10-11,13H2,1-2H3,(H2,19,20,21). The number of nitrogens with one attached hydrogen (secondary N) is 2. The van der Waals surface area contributed by atoms with E-state index in [1.165, 1.54) is 9.75 Å². The summed E-state index contributed by atoms with van der Waals surface area (Å²) in [4.78, 5) is 7.37. The van der Waals surface area contributed by atoms with Crippen LogP contribution in [0.5, 0.6) is 0 Å². The summed E-state index contributed by atoms with van der Waals surface area (Å²) in [6.07, 6.45) is 3.86. The lowest BCUT2D eigenvalue weighted by molar-refractivity contribution is 0.764. The molecule has 0 saturated carbocycles. The number of aromatic nitrogens is 3. The minimum atomic E-state index is 0.702. The van der Waals surface area contributed by atoms with Gasteiger partial charge in [-0.15, -0.1) is 21.5 Å². The second-order valence-corrected chi connectivity index (χ2v) is 6.89. The Hall–Kier alpha value is -2.41. The fourth-order valence-electron chi connectivity index (χ4n) is 2.55. The van der Waals surface area contributed by atoms with Crippen molar-refractivity contribution in [3.8, 4) is 0 Å². The van der Waals surface area contributed by atoms with Crippen molar-refractivity contribution in [2.75, 3.05) is 13.1 Å². The van der Waals surface area contributed by atoms with Gasteiger partial charge in [0.25, 0.3) is 0 Å². The molecular formula is C18H24N6S. The van der Waals surface area contributed by atoms with Crippen LogP contribution in [0.4, 0.5) is 0 Å². The fourth-order valence-corrected chi connectivity index (χ4v) is 3.43. The molecule has 3 heterocycles. The van der Waals surface area contributed by atoms with Gasteiger partial charge in [-0.1, -0.05) is 13.0 Å². The topological polar surface area (TPSA) is 66.6 Å². The molecule has 0 atom stereocenters. The summed E-state index contributed by atoms with van der Waals surface area (Å²) >= 11 is 1.83. The van der Waals surface area contributed by atoms with Crippen molar-refractivity contribution in [3.63, 3.8) is 0 Å². The summed E-state index contributed by atoms with van der Waals surface area (Å²) in [5.41, 5.74) is 0.877. The highest BCUT2D eigenvalue weighted by molar-refractivity contribution is 7.11. The third kappa shape index (κ3) is 4.57. The minimum absolute atomic E-state index is 0.702. The molecule has 3 aromatic heterocycles. The van der Waals surface area contributed by atoms with Crippen LogP contribution in [0, 0.1) is 0 Å². The average molecular weight is 356 g/mol. The lowest BCUT2D eigenvalue weighted by Gasteiger charge is -2.10. The van der Waals surface area contributed by atoms with E-state index in [1.807, 2.05) is 40.1 Å². The molecule has 6 nitrogen and oxygen atoms in total. The smallest absolute Gasteiger partial charge is 0.191 e. The third-order valence-corrected chi connectivity index (χ3v) is 5.04. The van der Waals surface area contributed by atoms with E-state index in [9.17, 15) is 0 Å². The van der Waals surface area contributed by atoms with E-state index < -0.39 is 0 Å². The van der Waals surface area contributed by atoms with E-state index in [0.717, 1.165) is 43.4 Å². The molecule has 0 unspecified atom stereocenters. The van der Waals surface area contributed by atoms with E-state index in [4.69, 9.17) is 0 Å². The molecule has 0 aliphatic rings. The van der Waals surface area contributed by atoms with Crippen LogP contribution in [0.2, 0.25) is 0 Å². The molecule has 2 N–H and O–H groups in total. The van der Waals surface area contributed by atoms with Crippen molar-refractivity contribution >= 4 is 22.9 Å². The van der Waals surface area contributed by atoms with Gasteiger partial charge in [-0.05, 0) is 37.6 Å². The number of thiophene rings is 1. The highest BCUT2D eigenvalue weighted by Crippen LogP contribution is 2.17. The summed E-state index contributed by atoms with van der Waals surface area (Å²) in [5.74, 6) is 1.78. The van der Waals surface area contributed by atoms with Gasteiger partial charge >= 0.3 is 0 Å². The van der Waals surface area contributed by atoms with Crippen molar-refractivity contribution in [2.24, 2.45) is 4.99 Å².